The molecule has 2 rings (SSSR count). The van der Waals surface area contributed by atoms with Crippen LogP contribution < -0.4 is 5.73 Å². The third-order valence-electron chi connectivity index (χ3n) is 2.60. The molecule has 0 saturated heterocycles. The minimum atomic E-state index is 0. The molecule has 0 fully saturated rings. The molecule has 0 aromatic heterocycles. The first kappa shape index (κ1) is 15.1. The number of hydrogen-bond acceptors (Lipinski definition) is 3. The summed E-state index contributed by atoms with van der Waals surface area (Å²) < 4.78 is 0. The van der Waals surface area contributed by atoms with E-state index in [1.807, 2.05) is 12.1 Å². The average Bonchev–Trinajstić information content (AvgIpc) is 2.74. The Morgan fingerprint density at radius 1 is 1.39 bits per heavy atom. The maximum absolute atomic E-state index is 5.65. The molecule has 1 aromatic carbocycles. The highest BCUT2D eigenvalue weighted by Crippen LogP contribution is 2.24. The largest absolute Gasteiger partial charge is 0.386 e. The van der Waals surface area contributed by atoms with Crippen LogP contribution in [0.15, 0.2) is 34.3 Å². The molecule has 1 aliphatic rings. The topological polar surface area (TPSA) is 50.7 Å². The van der Waals surface area contributed by atoms with Crippen LogP contribution in [-0.4, -0.2) is 16.8 Å². The first-order valence-corrected chi connectivity index (χ1v) is 6.90. The Labute approximate surface area is 118 Å². The molecule has 5 heteroatoms. The highest BCUT2D eigenvalue weighted by molar-refractivity contribution is 8.14. The van der Waals surface area contributed by atoms with Gasteiger partial charge >= 0.3 is 0 Å². The summed E-state index contributed by atoms with van der Waals surface area (Å²) in [4.78, 5) is 8.79. The Hall–Kier alpha value is -1.00. The summed E-state index contributed by atoms with van der Waals surface area (Å²) in [6, 6.07) is 8.26. The van der Waals surface area contributed by atoms with E-state index in [0.29, 0.717) is 5.84 Å². The maximum atomic E-state index is 5.65. The van der Waals surface area contributed by atoms with Crippen LogP contribution in [0.5, 0.6) is 0 Å². The Morgan fingerprint density at radius 2 is 2.17 bits per heavy atom. The molecule has 1 aromatic rings. The SMILES string of the molecule is CCCCc1ccccc1N=C1N=C(N)CS1.Cl. The van der Waals surface area contributed by atoms with E-state index in [2.05, 4.69) is 29.0 Å². The fourth-order valence-electron chi connectivity index (χ4n) is 1.68. The molecule has 0 amide bonds. The zero-order valence-corrected chi connectivity index (χ0v) is 12.1. The number of rotatable bonds is 4. The van der Waals surface area contributed by atoms with Crippen molar-refractivity contribution in [1.29, 1.82) is 0 Å². The maximum Gasteiger partial charge on any atom is 0.190 e. The van der Waals surface area contributed by atoms with E-state index >= 15 is 0 Å². The standard InChI is InChI=1S/C13H17N3S.ClH/c1-2-3-6-10-7-4-5-8-11(10)15-13-16-12(14)9-17-13;/h4-5,7-8H,2-3,6,9H2,1H3,(H2,14,15,16);1H. The lowest BCUT2D eigenvalue weighted by Gasteiger charge is -2.04. The smallest absolute Gasteiger partial charge is 0.190 e. The number of benzene rings is 1. The zero-order chi connectivity index (χ0) is 12.1. The highest BCUT2D eigenvalue weighted by atomic mass is 35.5. The van der Waals surface area contributed by atoms with E-state index in [0.717, 1.165) is 23.0 Å². The number of nitrogens with two attached hydrogens (primary N) is 1. The van der Waals surface area contributed by atoms with Gasteiger partial charge < -0.3 is 5.73 Å². The summed E-state index contributed by atoms with van der Waals surface area (Å²) in [5, 5.41) is 0.784. The van der Waals surface area contributed by atoms with E-state index in [-0.39, 0.29) is 12.4 Å². The number of thioether (sulfide) groups is 1. The van der Waals surface area contributed by atoms with Gasteiger partial charge in [0.25, 0.3) is 0 Å². The number of para-hydroxylation sites is 1. The van der Waals surface area contributed by atoms with Gasteiger partial charge in [-0.05, 0) is 24.5 Å². The molecule has 98 valence electrons. The Balaban J connectivity index is 0.00000162. The van der Waals surface area contributed by atoms with E-state index in [1.54, 1.807) is 11.8 Å². The Bertz CT molecular complexity index is 457. The molecule has 0 atom stereocenters. The molecule has 0 aliphatic carbocycles. The van der Waals surface area contributed by atoms with Crippen LogP contribution in [0.25, 0.3) is 0 Å². The fraction of sp³-hybridized carbons (Fsp3) is 0.385. The quantitative estimate of drug-likeness (QED) is 0.919. The van der Waals surface area contributed by atoms with Crippen LogP contribution >= 0.6 is 24.2 Å². The lowest BCUT2D eigenvalue weighted by atomic mass is 10.1. The van der Waals surface area contributed by atoms with Crippen LogP contribution in [0.3, 0.4) is 0 Å². The van der Waals surface area contributed by atoms with Crippen molar-refractivity contribution in [2.45, 2.75) is 26.2 Å². The molecular weight excluding hydrogens is 266 g/mol. The third kappa shape index (κ3) is 4.03. The number of aliphatic imine (C=N–C) groups is 2. The van der Waals surface area contributed by atoms with Crippen molar-refractivity contribution >= 4 is 40.9 Å². The second-order valence-corrected chi connectivity index (χ2v) is 4.96. The molecule has 0 unspecified atom stereocenters. The molecule has 3 nitrogen and oxygen atoms in total. The van der Waals surface area contributed by atoms with Gasteiger partial charge in [0.2, 0.25) is 0 Å². The van der Waals surface area contributed by atoms with E-state index in [4.69, 9.17) is 5.73 Å². The predicted octanol–water partition coefficient (Wildman–Crippen LogP) is 3.54. The lowest BCUT2D eigenvalue weighted by Crippen LogP contribution is -2.09. The van der Waals surface area contributed by atoms with Gasteiger partial charge in [0.15, 0.2) is 5.17 Å². The predicted molar refractivity (Wildman–Crippen MR) is 83.5 cm³/mol. The van der Waals surface area contributed by atoms with E-state index in [9.17, 15) is 0 Å². The summed E-state index contributed by atoms with van der Waals surface area (Å²) in [6.07, 6.45) is 3.47. The molecule has 18 heavy (non-hydrogen) atoms. The van der Waals surface area contributed by atoms with Crippen molar-refractivity contribution in [2.75, 3.05) is 5.75 Å². The van der Waals surface area contributed by atoms with Gasteiger partial charge in [0.05, 0.1) is 11.4 Å². The number of aryl methyl sites for hydroxylation is 1. The van der Waals surface area contributed by atoms with Crippen molar-refractivity contribution in [1.82, 2.24) is 0 Å². The molecule has 0 spiro atoms. The van der Waals surface area contributed by atoms with Gasteiger partial charge in [-0.3, -0.25) is 0 Å². The lowest BCUT2D eigenvalue weighted by molar-refractivity contribution is 0.795. The monoisotopic (exact) mass is 283 g/mol. The molecular formula is C13H18ClN3S. The molecule has 2 N–H and O–H groups in total. The molecule has 1 heterocycles. The third-order valence-corrected chi connectivity index (χ3v) is 3.48. The molecule has 0 radical (unpaired) electrons. The second kappa shape index (κ2) is 7.44. The van der Waals surface area contributed by atoms with Gasteiger partial charge in [0.1, 0.15) is 5.84 Å². The molecule has 0 saturated carbocycles. The number of hydrogen-bond donors (Lipinski definition) is 1. The van der Waals surface area contributed by atoms with Crippen molar-refractivity contribution < 1.29 is 0 Å². The van der Waals surface area contributed by atoms with Crippen LogP contribution in [0.1, 0.15) is 25.3 Å². The van der Waals surface area contributed by atoms with Crippen LogP contribution in [-0.2, 0) is 6.42 Å². The summed E-state index contributed by atoms with van der Waals surface area (Å²) in [5.41, 5.74) is 7.97. The summed E-state index contributed by atoms with van der Waals surface area (Å²) in [5.74, 6) is 1.43. The molecule has 0 bridgehead atoms. The van der Waals surface area contributed by atoms with Gasteiger partial charge in [-0.15, -0.1) is 12.4 Å². The van der Waals surface area contributed by atoms with Crippen molar-refractivity contribution in [2.24, 2.45) is 15.7 Å². The highest BCUT2D eigenvalue weighted by Gasteiger charge is 2.10. The zero-order valence-electron chi connectivity index (χ0n) is 10.4. The Morgan fingerprint density at radius 3 is 2.83 bits per heavy atom. The molecule has 1 aliphatic heterocycles. The van der Waals surface area contributed by atoms with Crippen LogP contribution in [0, 0.1) is 0 Å². The Kier molecular flexibility index (Phi) is 6.22. The van der Waals surface area contributed by atoms with Crippen molar-refractivity contribution in [3.05, 3.63) is 29.8 Å². The number of unbranched alkanes of at least 4 members (excludes halogenated alkanes) is 1. The summed E-state index contributed by atoms with van der Waals surface area (Å²) in [6.45, 7) is 2.20. The van der Waals surface area contributed by atoms with Crippen molar-refractivity contribution in [3.63, 3.8) is 0 Å². The average molecular weight is 284 g/mol. The normalized spacial score (nSPS) is 16.5. The minimum Gasteiger partial charge on any atom is -0.386 e. The van der Waals surface area contributed by atoms with E-state index < -0.39 is 0 Å². The first-order chi connectivity index (χ1) is 8.29. The first-order valence-electron chi connectivity index (χ1n) is 5.92. The van der Waals surface area contributed by atoms with Gasteiger partial charge in [-0.25, -0.2) is 9.98 Å². The second-order valence-electron chi connectivity index (χ2n) is 4.02. The van der Waals surface area contributed by atoms with Gasteiger partial charge in [0, 0.05) is 0 Å². The number of halogens is 1. The number of nitrogens with zero attached hydrogens (tertiary/aromatic N) is 2. The van der Waals surface area contributed by atoms with Gasteiger partial charge in [-0.1, -0.05) is 43.3 Å². The van der Waals surface area contributed by atoms with Crippen LogP contribution in [0.2, 0.25) is 0 Å². The fourth-order valence-corrected chi connectivity index (χ4v) is 2.37. The summed E-state index contributed by atoms with van der Waals surface area (Å²) in [7, 11) is 0. The van der Waals surface area contributed by atoms with Gasteiger partial charge in [-0.2, -0.15) is 0 Å². The van der Waals surface area contributed by atoms with Crippen molar-refractivity contribution in [3.8, 4) is 0 Å². The minimum absolute atomic E-state index is 0. The van der Waals surface area contributed by atoms with Crippen LogP contribution in [0.4, 0.5) is 5.69 Å². The summed E-state index contributed by atoms with van der Waals surface area (Å²) >= 11 is 1.60. The number of amidine groups is 2. The van der Waals surface area contributed by atoms with E-state index in [1.165, 1.54) is 18.4 Å².